The summed E-state index contributed by atoms with van der Waals surface area (Å²) in [6.45, 7) is 5.19. The van der Waals surface area contributed by atoms with Crippen molar-refractivity contribution < 1.29 is 9.53 Å². The Morgan fingerprint density at radius 1 is 1.11 bits per heavy atom. The van der Waals surface area contributed by atoms with Gasteiger partial charge in [0.1, 0.15) is 28.6 Å². The fraction of sp³-hybridized carbons (Fsp3) is 0.353. The smallest absolute Gasteiger partial charge is 0.330 e. The van der Waals surface area contributed by atoms with Crippen molar-refractivity contribution in [3.05, 3.63) is 46.5 Å². The Hall–Kier alpha value is -2.81. The minimum absolute atomic E-state index is 0.179. The first kappa shape index (κ1) is 22.2. The van der Waals surface area contributed by atoms with Gasteiger partial charge < -0.3 is 4.74 Å². The van der Waals surface area contributed by atoms with Gasteiger partial charge in [-0.25, -0.2) is 19.9 Å². The van der Waals surface area contributed by atoms with Crippen molar-refractivity contribution >= 4 is 29.2 Å². The molecule has 0 bridgehead atoms. The van der Waals surface area contributed by atoms with Gasteiger partial charge in [0.15, 0.2) is 5.92 Å². The summed E-state index contributed by atoms with van der Waals surface area (Å²) in [7, 11) is 0. The van der Waals surface area contributed by atoms with E-state index in [2.05, 4.69) is 19.9 Å². The number of ether oxygens (including phenoxy) is 1. The maximum atomic E-state index is 11.8. The van der Waals surface area contributed by atoms with E-state index in [-0.39, 0.29) is 17.3 Å². The molecule has 0 aliphatic carbocycles. The average Bonchev–Trinajstić information content (AvgIpc) is 2.55. The third-order valence-corrected chi connectivity index (χ3v) is 3.09. The number of carbonyl (C=O) groups is 1. The Morgan fingerprint density at radius 3 is 2.19 bits per heavy atom. The third kappa shape index (κ3) is 8.41. The Morgan fingerprint density at radius 2 is 1.70 bits per heavy atom. The molecule has 1 atom stereocenters. The first-order valence-corrected chi connectivity index (χ1v) is 8.35. The third-order valence-electron chi connectivity index (χ3n) is 2.67. The van der Waals surface area contributed by atoms with Gasteiger partial charge in [0, 0.05) is 0 Å². The normalized spacial score (nSPS) is 11.2. The van der Waals surface area contributed by atoms with Crippen molar-refractivity contribution in [1.29, 1.82) is 10.5 Å². The molecule has 0 spiro atoms. The van der Waals surface area contributed by atoms with Crippen molar-refractivity contribution in [1.82, 2.24) is 19.9 Å². The minimum Gasteiger partial charge on any atom is -0.459 e. The standard InChI is InChI=1S/C11H12ClN3O2.C6H4ClN3/c1-11(2,3)17-10(16)7(5-13)8-4-9(12)15-6-14-8;7-6-3-5(1-2-8)9-4-10-6/h4,6-7H,1-3H3;3-4H,1H2. The zero-order valence-electron chi connectivity index (χ0n) is 14.8. The number of nitrogens with zero attached hydrogens (tertiary/aromatic N) is 6. The van der Waals surface area contributed by atoms with Crippen molar-refractivity contribution in [2.75, 3.05) is 0 Å². The van der Waals surface area contributed by atoms with Gasteiger partial charge in [-0.05, 0) is 32.9 Å². The van der Waals surface area contributed by atoms with Crippen molar-refractivity contribution in [3.63, 3.8) is 0 Å². The van der Waals surface area contributed by atoms with Gasteiger partial charge in [-0.2, -0.15) is 10.5 Å². The topological polar surface area (TPSA) is 125 Å². The quantitative estimate of drug-likeness (QED) is 0.561. The first-order valence-electron chi connectivity index (χ1n) is 7.59. The Bertz CT molecular complexity index is 871. The monoisotopic (exact) mass is 406 g/mol. The number of rotatable bonds is 3. The Balaban J connectivity index is 0.000000309. The van der Waals surface area contributed by atoms with Gasteiger partial charge in [0.2, 0.25) is 0 Å². The fourth-order valence-electron chi connectivity index (χ4n) is 1.65. The maximum absolute atomic E-state index is 11.8. The van der Waals surface area contributed by atoms with Gasteiger partial charge in [-0.15, -0.1) is 0 Å². The molecule has 0 aliphatic heterocycles. The molecule has 2 heterocycles. The maximum Gasteiger partial charge on any atom is 0.330 e. The highest BCUT2D eigenvalue weighted by atomic mass is 35.5. The first-order chi connectivity index (χ1) is 12.7. The van der Waals surface area contributed by atoms with Gasteiger partial charge in [-0.3, -0.25) is 4.79 Å². The van der Waals surface area contributed by atoms with E-state index in [9.17, 15) is 4.79 Å². The molecule has 27 heavy (non-hydrogen) atoms. The van der Waals surface area contributed by atoms with Crippen LogP contribution in [0, 0.1) is 22.7 Å². The predicted octanol–water partition coefficient (Wildman–Crippen LogP) is 3.27. The highest BCUT2D eigenvalue weighted by molar-refractivity contribution is 6.29. The summed E-state index contributed by atoms with van der Waals surface area (Å²) in [4.78, 5) is 26.8. The Kier molecular flexibility index (Phi) is 8.53. The Labute approximate surface area is 166 Å². The van der Waals surface area contributed by atoms with E-state index < -0.39 is 17.5 Å². The second kappa shape index (κ2) is 10.4. The molecule has 2 aromatic heterocycles. The lowest BCUT2D eigenvalue weighted by atomic mass is 10.1. The second-order valence-corrected chi connectivity index (χ2v) is 6.80. The van der Waals surface area contributed by atoms with Crippen LogP contribution in [-0.2, 0) is 16.0 Å². The summed E-state index contributed by atoms with van der Waals surface area (Å²) in [5, 5.41) is 17.8. The lowest BCUT2D eigenvalue weighted by Crippen LogP contribution is -2.27. The molecule has 0 radical (unpaired) electrons. The summed E-state index contributed by atoms with van der Waals surface area (Å²) in [5.74, 6) is -1.73. The number of nitriles is 2. The number of hydrogen-bond acceptors (Lipinski definition) is 8. The molecule has 2 aromatic rings. The highest BCUT2D eigenvalue weighted by Gasteiger charge is 2.27. The van der Waals surface area contributed by atoms with Crippen LogP contribution >= 0.6 is 23.2 Å². The van der Waals surface area contributed by atoms with Crippen LogP contribution in [0.1, 0.15) is 38.1 Å². The van der Waals surface area contributed by atoms with Crippen LogP contribution in [0.5, 0.6) is 0 Å². The minimum atomic E-state index is -1.09. The molecule has 0 saturated carbocycles. The fourth-order valence-corrected chi connectivity index (χ4v) is 1.98. The summed E-state index contributed by atoms with van der Waals surface area (Å²) in [5.41, 5.74) is 0.243. The largest absolute Gasteiger partial charge is 0.459 e. The molecule has 0 aromatic carbocycles. The highest BCUT2D eigenvalue weighted by Crippen LogP contribution is 2.19. The molecule has 0 fully saturated rings. The molecule has 0 aliphatic rings. The van der Waals surface area contributed by atoms with Gasteiger partial charge in [-0.1, -0.05) is 23.2 Å². The molecule has 0 saturated heterocycles. The molecule has 2 rings (SSSR count). The van der Waals surface area contributed by atoms with E-state index in [1.165, 1.54) is 18.7 Å². The summed E-state index contributed by atoms with van der Waals surface area (Å²) < 4.78 is 5.12. The second-order valence-electron chi connectivity index (χ2n) is 6.03. The van der Waals surface area contributed by atoms with Gasteiger partial charge in [0.25, 0.3) is 0 Å². The molecule has 0 amide bonds. The number of carbonyl (C=O) groups excluding carboxylic acids is 1. The van der Waals surface area contributed by atoms with Crippen LogP contribution < -0.4 is 0 Å². The van der Waals surface area contributed by atoms with Crippen LogP contribution in [0.4, 0.5) is 0 Å². The molecular weight excluding hydrogens is 391 g/mol. The molecule has 1 unspecified atom stereocenters. The molecule has 10 heteroatoms. The van der Waals surface area contributed by atoms with Crippen molar-refractivity contribution in [2.24, 2.45) is 0 Å². The van der Waals surface area contributed by atoms with Crippen molar-refractivity contribution in [2.45, 2.75) is 38.7 Å². The SMILES string of the molecule is CC(C)(C)OC(=O)C(C#N)c1cc(Cl)ncn1.N#CCc1cc(Cl)ncn1. The lowest BCUT2D eigenvalue weighted by molar-refractivity contribution is -0.155. The van der Waals surface area contributed by atoms with Crippen LogP contribution in [0.3, 0.4) is 0 Å². The summed E-state index contributed by atoms with van der Waals surface area (Å²) in [6.07, 6.45) is 2.82. The number of aromatic nitrogens is 4. The molecular formula is C17H16Cl2N6O2. The summed E-state index contributed by atoms with van der Waals surface area (Å²) in [6, 6.07) is 6.76. The predicted molar refractivity (Wildman–Crippen MR) is 97.6 cm³/mol. The van der Waals surface area contributed by atoms with E-state index in [4.69, 9.17) is 38.5 Å². The van der Waals surface area contributed by atoms with Gasteiger partial charge in [0.05, 0.1) is 29.9 Å². The number of esters is 1. The number of halogens is 2. The molecule has 140 valence electrons. The van der Waals surface area contributed by atoms with Crippen LogP contribution in [0.25, 0.3) is 0 Å². The number of hydrogen-bond donors (Lipinski definition) is 0. The van der Waals surface area contributed by atoms with Crippen molar-refractivity contribution in [3.8, 4) is 12.1 Å². The van der Waals surface area contributed by atoms with Crippen LogP contribution in [-0.4, -0.2) is 31.5 Å². The van der Waals surface area contributed by atoms with Crippen LogP contribution in [0.15, 0.2) is 24.8 Å². The van der Waals surface area contributed by atoms with E-state index in [1.54, 1.807) is 26.8 Å². The van der Waals surface area contributed by atoms with E-state index in [0.717, 1.165) is 0 Å². The zero-order valence-corrected chi connectivity index (χ0v) is 16.4. The zero-order chi connectivity index (χ0) is 20.4. The van der Waals surface area contributed by atoms with E-state index in [0.29, 0.717) is 10.8 Å². The van der Waals surface area contributed by atoms with Crippen LogP contribution in [0.2, 0.25) is 10.3 Å². The van der Waals surface area contributed by atoms with Gasteiger partial charge >= 0.3 is 5.97 Å². The van der Waals surface area contributed by atoms with E-state index >= 15 is 0 Å². The van der Waals surface area contributed by atoms with E-state index in [1.807, 2.05) is 12.1 Å². The molecule has 8 nitrogen and oxygen atoms in total. The molecule has 0 N–H and O–H groups in total. The summed E-state index contributed by atoms with van der Waals surface area (Å²) >= 11 is 11.2. The average molecular weight is 407 g/mol. The lowest BCUT2D eigenvalue weighted by Gasteiger charge is -2.21.